The lowest BCUT2D eigenvalue weighted by molar-refractivity contribution is -0.148. The molecule has 1 aliphatic rings. The van der Waals surface area contributed by atoms with Crippen molar-refractivity contribution < 1.29 is 79.8 Å². The molecule has 1 heterocycles. The zero-order valence-corrected chi connectivity index (χ0v) is 50.5. The summed E-state index contributed by atoms with van der Waals surface area (Å²) in [5, 5.41) is 10.4. The number of nitrogens with two attached hydrogens (primary N) is 1. The fourth-order valence-corrected chi connectivity index (χ4v) is 9.20. The van der Waals surface area contributed by atoms with Crippen molar-refractivity contribution in [3.63, 3.8) is 0 Å². The minimum absolute atomic E-state index is 0.00726. The van der Waals surface area contributed by atoms with E-state index in [0.29, 0.717) is 44.0 Å². The molecule has 0 spiro atoms. The molecule has 0 unspecified atom stereocenters. The number of urea groups is 1. The Labute approximate surface area is 504 Å². The highest BCUT2D eigenvalue weighted by Crippen LogP contribution is 2.27. The first-order chi connectivity index (χ1) is 41.1. The number of primary amides is 1. The molecule has 6 amide bonds. The molecule has 3 aromatic carbocycles. The van der Waals surface area contributed by atoms with E-state index in [0.717, 1.165) is 22.4 Å². The Bertz CT molecular complexity index is 2910. The number of para-hydroxylation sites is 1. The Kier molecular flexibility index (Phi) is 31.9. The molecule has 86 heavy (non-hydrogen) atoms. The minimum atomic E-state index is -4.36. The zero-order valence-electron chi connectivity index (χ0n) is 49.7. The highest BCUT2D eigenvalue weighted by Gasteiger charge is 2.33. The van der Waals surface area contributed by atoms with Crippen molar-refractivity contribution in [1.82, 2.24) is 16.0 Å². The van der Waals surface area contributed by atoms with E-state index in [9.17, 15) is 51.6 Å². The van der Waals surface area contributed by atoms with Gasteiger partial charge in [0.2, 0.25) is 23.6 Å². The van der Waals surface area contributed by atoms with Crippen LogP contribution in [-0.2, 0) is 85.3 Å². The molecule has 4 rings (SSSR count). The van der Waals surface area contributed by atoms with Crippen molar-refractivity contribution in [2.24, 2.45) is 29.4 Å². The Morgan fingerprint density at radius 3 is 1.91 bits per heavy atom. The van der Waals surface area contributed by atoms with Crippen LogP contribution in [0.4, 0.5) is 16.2 Å². The number of benzene rings is 3. The normalized spacial score (nSPS) is 12.9. The summed E-state index contributed by atoms with van der Waals surface area (Å²) in [5.41, 5.74) is 9.60. The molecule has 7 N–H and O–H groups in total. The number of carbonyl (C=O) groups excluding carboxylic acids is 9. The second kappa shape index (κ2) is 38.6. The molecule has 0 aromatic heterocycles. The summed E-state index contributed by atoms with van der Waals surface area (Å²) < 4.78 is 59.0. The lowest BCUT2D eigenvalue weighted by Crippen LogP contribution is -2.48. The van der Waals surface area contributed by atoms with Crippen LogP contribution in [0.2, 0.25) is 0 Å². The third-order valence-electron chi connectivity index (χ3n) is 13.7. The molecule has 0 saturated heterocycles. The number of hydrogen-bond donors (Lipinski definition) is 6. The average molecular weight is 1220 g/mol. The second-order valence-corrected chi connectivity index (χ2v) is 22.9. The SMILES string of the molecule is CC(C)C(=O)OCc1ccc(NC(=O)[C@H](CCCNC(N)=O)CC(=O)[C@@H](NC(=O)[C@@H](CCC(=O)NCCS(=O)(=O)O)CC(=O)CCOCCOCCOCCOCCCC(=O)CCC(=O)N2Cc3ccccc3C#Cc3ccccc32)C(C)C)cc1. The molecule has 0 radical (unpaired) electrons. The lowest BCUT2D eigenvalue weighted by atomic mass is 9.88. The number of nitrogens with zero attached hydrogens (tertiary/aromatic N) is 1. The molecule has 0 bridgehead atoms. The molecular weight excluding hydrogens is 1130 g/mol. The van der Waals surface area contributed by atoms with E-state index in [2.05, 4.69) is 33.1 Å². The third kappa shape index (κ3) is 28.2. The topological polar surface area (TPSA) is 332 Å². The number of fused-ring (bicyclic) bond motifs is 2. The van der Waals surface area contributed by atoms with Gasteiger partial charge in [0.05, 0.1) is 76.2 Å². The summed E-state index contributed by atoms with van der Waals surface area (Å²) in [4.78, 5) is 119. The van der Waals surface area contributed by atoms with Gasteiger partial charge in [0.25, 0.3) is 10.1 Å². The number of rotatable bonds is 42. The smallest absolute Gasteiger partial charge is 0.312 e. The molecule has 0 fully saturated rings. The average Bonchev–Trinajstić information content (AvgIpc) is 2.15. The standard InChI is InChI=1S/C62H84N6O17S/c1-43(2)58(55(71)40-48(14-9-28-65-62(63)77)59(74)66-51-22-17-45(18-23-51)42-85-61(76)44(3)4)67-60(75)49(21-25-56(72)64-29-38-86(78,79)80)39-53(70)27-31-82-33-35-84-37-36-83-34-32-81-30-10-15-52(69)24-26-57(73)68-41-50-13-6-5-11-46(50)19-20-47-12-7-8-16-54(47)68/h5-8,11-13,16-18,22-23,43-44,48-49,58H,9-10,14-15,21,24-42H2,1-4H3,(H,64,72)(H,66,74)(H,67,75)(H3,63,65,77)(H,78,79,80)/t48-,49+,58+/m1/s1. The quantitative estimate of drug-likeness (QED) is 0.0179. The highest BCUT2D eigenvalue weighted by atomic mass is 32.2. The van der Waals surface area contributed by atoms with Crippen LogP contribution in [0.15, 0.2) is 72.8 Å². The molecular formula is C62H84N6O17S. The molecule has 3 aromatic rings. The lowest BCUT2D eigenvalue weighted by Gasteiger charge is -2.26. The van der Waals surface area contributed by atoms with Crippen LogP contribution in [0, 0.1) is 35.5 Å². The van der Waals surface area contributed by atoms with Crippen LogP contribution >= 0.6 is 0 Å². The maximum absolute atomic E-state index is 14.1. The van der Waals surface area contributed by atoms with Gasteiger partial charge in [-0.25, -0.2) is 4.79 Å². The predicted octanol–water partition coefficient (Wildman–Crippen LogP) is 5.38. The second-order valence-electron chi connectivity index (χ2n) is 21.3. The molecule has 3 atom stereocenters. The summed E-state index contributed by atoms with van der Waals surface area (Å²) in [6.45, 7) is 8.81. The number of ketones is 3. The van der Waals surface area contributed by atoms with Crippen LogP contribution in [0.3, 0.4) is 0 Å². The van der Waals surface area contributed by atoms with Crippen LogP contribution in [-0.4, -0.2) is 144 Å². The number of ether oxygens (including phenoxy) is 5. The Balaban J connectivity index is 1.16. The van der Waals surface area contributed by atoms with E-state index in [1.54, 1.807) is 56.9 Å². The summed E-state index contributed by atoms with van der Waals surface area (Å²) in [6.07, 6.45) is 0.219. The number of anilines is 2. The van der Waals surface area contributed by atoms with Gasteiger partial charge in [-0.1, -0.05) is 82.0 Å². The maximum atomic E-state index is 14.1. The first kappa shape index (κ1) is 71.1. The van der Waals surface area contributed by atoms with E-state index in [1.807, 2.05) is 48.5 Å². The molecule has 0 aliphatic carbocycles. The molecule has 24 heteroatoms. The van der Waals surface area contributed by atoms with Crippen LogP contribution < -0.4 is 31.9 Å². The Hall–Kier alpha value is -7.40. The zero-order chi connectivity index (χ0) is 62.9. The fraction of sp³-hybridized carbons (Fsp3) is 0.532. The predicted molar refractivity (Wildman–Crippen MR) is 320 cm³/mol. The summed E-state index contributed by atoms with van der Waals surface area (Å²) >= 11 is 0. The van der Waals surface area contributed by atoms with Gasteiger partial charge >= 0.3 is 12.0 Å². The Morgan fingerprint density at radius 1 is 0.640 bits per heavy atom. The largest absolute Gasteiger partial charge is 0.461 e. The van der Waals surface area contributed by atoms with Gasteiger partial charge in [-0.3, -0.25) is 42.9 Å². The van der Waals surface area contributed by atoms with E-state index in [-0.39, 0.29) is 140 Å². The number of carbonyl (C=O) groups is 9. The van der Waals surface area contributed by atoms with Crippen molar-refractivity contribution >= 4 is 74.5 Å². The van der Waals surface area contributed by atoms with Crippen molar-refractivity contribution in [2.75, 3.05) is 81.9 Å². The third-order valence-corrected chi connectivity index (χ3v) is 14.4. The molecule has 1 aliphatic heterocycles. The Morgan fingerprint density at radius 2 is 1.26 bits per heavy atom. The first-order valence-electron chi connectivity index (χ1n) is 29.1. The number of nitrogens with one attached hydrogen (secondary N) is 4. The van der Waals surface area contributed by atoms with Gasteiger partial charge in [-0.05, 0) is 73.1 Å². The summed E-state index contributed by atoms with van der Waals surface area (Å²) in [5.74, 6) is -0.413. The number of Topliss-reactive ketones (excluding diaryl/α,β-unsaturated/α-hetero) is 3. The van der Waals surface area contributed by atoms with Gasteiger partial charge in [0.15, 0.2) is 5.78 Å². The summed E-state index contributed by atoms with van der Waals surface area (Å²) in [7, 11) is -4.36. The van der Waals surface area contributed by atoms with E-state index >= 15 is 0 Å². The van der Waals surface area contributed by atoms with Gasteiger partial charge in [0, 0.05) is 93.3 Å². The van der Waals surface area contributed by atoms with E-state index < -0.39 is 75.7 Å². The van der Waals surface area contributed by atoms with Gasteiger partial charge < -0.3 is 55.6 Å². The number of amides is 6. The number of esters is 1. The first-order valence-corrected chi connectivity index (χ1v) is 30.7. The van der Waals surface area contributed by atoms with E-state index in [4.69, 9.17) is 34.0 Å². The monoisotopic (exact) mass is 1220 g/mol. The van der Waals surface area contributed by atoms with Crippen molar-refractivity contribution in [1.29, 1.82) is 0 Å². The molecule has 23 nitrogen and oxygen atoms in total. The molecule has 0 saturated carbocycles. The number of hydrogen-bond acceptors (Lipinski definition) is 16. The highest BCUT2D eigenvalue weighted by molar-refractivity contribution is 7.85. The fourth-order valence-electron chi connectivity index (χ4n) is 8.84. The van der Waals surface area contributed by atoms with Crippen LogP contribution in [0.5, 0.6) is 0 Å². The van der Waals surface area contributed by atoms with Gasteiger partial charge in [0.1, 0.15) is 18.2 Å². The van der Waals surface area contributed by atoms with Crippen LogP contribution in [0.1, 0.15) is 121 Å². The van der Waals surface area contributed by atoms with Crippen molar-refractivity contribution in [3.05, 3.63) is 95.1 Å². The summed E-state index contributed by atoms with van der Waals surface area (Å²) in [6, 6.07) is 19.9. The maximum Gasteiger partial charge on any atom is 0.312 e. The minimum Gasteiger partial charge on any atom is -0.461 e. The van der Waals surface area contributed by atoms with Crippen molar-refractivity contribution in [2.45, 2.75) is 118 Å². The molecule has 470 valence electrons. The van der Waals surface area contributed by atoms with Crippen molar-refractivity contribution in [3.8, 4) is 11.8 Å². The van der Waals surface area contributed by atoms with Gasteiger partial charge in [-0.15, -0.1) is 0 Å². The van der Waals surface area contributed by atoms with E-state index in [1.165, 1.54) is 0 Å². The van der Waals surface area contributed by atoms with Gasteiger partial charge in [-0.2, -0.15) is 8.42 Å². The van der Waals surface area contributed by atoms with Crippen LogP contribution in [0.25, 0.3) is 0 Å².